The maximum Gasteiger partial charge on any atom is 0.309 e. The van der Waals surface area contributed by atoms with E-state index >= 15 is 0 Å². The van der Waals surface area contributed by atoms with Crippen LogP contribution in [0.5, 0.6) is 0 Å². The Kier molecular flexibility index (Phi) is 1.17. The van der Waals surface area contributed by atoms with Crippen LogP contribution in [0.15, 0.2) is 0 Å². The number of likely N-dealkylation sites (N-methyl/N-ethyl adjacent to an activating group) is 1. The molecule has 48 valence electrons. The number of rotatable bonds is 1. The van der Waals surface area contributed by atoms with Gasteiger partial charge in [-0.05, 0) is 0 Å². The zero-order valence-electron chi connectivity index (χ0n) is 5.27. The SMILES string of the molecule is [C-]#[N+]C1(C(=O)NC)CC1. The Hall–Kier alpha value is -1.04. The Labute approximate surface area is 53.9 Å². The molecule has 1 fully saturated rings. The second kappa shape index (κ2) is 1.73. The fourth-order valence-corrected chi connectivity index (χ4v) is 0.741. The fraction of sp³-hybridized carbons (Fsp3) is 0.667. The summed E-state index contributed by atoms with van der Waals surface area (Å²) in [7, 11) is 1.56. The lowest BCUT2D eigenvalue weighted by atomic mass is 10.3. The highest BCUT2D eigenvalue weighted by molar-refractivity contribution is 5.91. The minimum Gasteiger partial charge on any atom is -0.352 e. The summed E-state index contributed by atoms with van der Waals surface area (Å²) in [5, 5.41) is 2.47. The summed E-state index contributed by atoms with van der Waals surface area (Å²) in [5.41, 5.74) is -0.658. The molecule has 0 aromatic rings. The van der Waals surface area contributed by atoms with E-state index in [1.807, 2.05) is 0 Å². The zero-order valence-corrected chi connectivity index (χ0v) is 5.27. The Bertz CT molecular complexity index is 176. The summed E-state index contributed by atoms with van der Waals surface area (Å²) in [4.78, 5) is 14.0. The second-order valence-corrected chi connectivity index (χ2v) is 2.22. The average Bonchev–Trinajstić information content (AvgIpc) is 2.66. The smallest absolute Gasteiger partial charge is 0.309 e. The second-order valence-electron chi connectivity index (χ2n) is 2.22. The van der Waals surface area contributed by atoms with Gasteiger partial charge in [0.25, 0.3) is 0 Å². The van der Waals surface area contributed by atoms with Crippen LogP contribution in [0.2, 0.25) is 0 Å². The van der Waals surface area contributed by atoms with Crippen LogP contribution in [0.4, 0.5) is 0 Å². The van der Waals surface area contributed by atoms with Crippen molar-refractivity contribution in [2.45, 2.75) is 18.4 Å². The van der Waals surface area contributed by atoms with E-state index < -0.39 is 5.54 Å². The molecule has 0 radical (unpaired) electrons. The molecule has 0 bridgehead atoms. The molecule has 1 aliphatic rings. The fourth-order valence-electron chi connectivity index (χ4n) is 0.741. The van der Waals surface area contributed by atoms with Gasteiger partial charge in [-0.3, -0.25) is 9.64 Å². The van der Waals surface area contributed by atoms with Gasteiger partial charge in [0.05, 0.1) is 0 Å². The van der Waals surface area contributed by atoms with Gasteiger partial charge in [-0.15, -0.1) is 0 Å². The van der Waals surface area contributed by atoms with E-state index in [1.54, 1.807) is 7.05 Å². The van der Waals surface area contributed by atoms with Crippen molar-refractivity contribution in [2.75, 3.05) is 7.05 Å². The van der Waals surface area contributed by atoms with Crippen LogP contribution in [-0.4, -0.2) is 18.5 Å². The van der Waals surface area contributed by atoms with Crippen LogP contribution in [0.25, 0.3) is 4.85 Å². The molecule has 3 heteroatoms. The van der Waals surface area contributed by atoms with Gasteiger partial charge in [0, 0.05) is 19.9 Å². The van der Waals surface area contributed by atoms with Crippen LogP contribution < -0.4 is 5.32 Å². The number of hydrogen-bond acceptors (Lipinski definition) is 1. The van der Waals surface area contributed by atoms with Gasteiger partial charge in [0.1, 0.15) is 0 Å². The zero-order chi connectivity index (χ0) is 6.91. The summed E-state index contributed by atoms with van der Waals surface area (Å²) in [6.07, 6.45) is 1.46. The molecule has 1 saturated carbocycles. The van der Waals surface area contributed by atoms with E-state index in [2.05, 4.69) is 10.2 Å². The first-order valence-corrected chi connectivity index (χ1v) is 2.86. The third-order valence-corrected chi connectivity index (χ3v) is 1.59. The summed E-state index contributed by atoms with van der Waals surface area (Å²) in [5.74, 6) is -0.127. The van der Waals surface area contributed by atoms with Crippen LogP contribution in [0.3, 0.4) is 0 Å². The lowest BCUT2D eigenvalue weighted by Gasteiger charge is -1.96. The topological polar surface area (TPSA) is 33.5 Å². The molecule has 0 saturated heterocycles. The molecule has 0 aromatic carbocycles. The molecule has 1 aliphatic carbocycles. The molecule has 1 N–H and O–H groups in total. The van der Waals surface area contributed by atoms with Crippen molar-refractivity contribution in [1.82, 2.24) is 5.32 Å². The summed E-state index contributed by atoms with van der Waals surface area (Å²) in [6.45, 7) is 6.67. The van der Waals surface area contributed by atoms with Gasteiger partial charge in [0.2, 0.25) is 0 Å². The monoisotopic (exact) mass is 124 g/mol. The van der Waals surface area contributed by atoms with Crippen LogP contribution in [-0.2, 0) is 4.79 Å². The highest BCUT2D eigenvalue weighted by atomic mass is 16.2. The molecule has 1 amide bonds. The van der Waals surface area contributed by atoms with Gasteiger partial charge in [-0.25, -0.2) is 6.57 Å². The molecule has 9 heavy (non-hydrogen) atoms. The van der Waals surface area contributed by atoms with Crippen LogP contribution in [0, 0.1) is 6.57 Å². The first-order chi connectivity index (χ1) is 4.25. The summed E-state index contributed by atoms with van der Waals surface area (Å²) < 4.78 is 0. The molecule has 0 aliphatic heterocycles. The predicted octanol–water partition coefficient (Wildman–Crippen LogP) is 0.184. The van der Waals surface area contributed by atoms with Crippen LogP contribution >= 0.6 is 0 Å². The minimum atomic E-state index is -0.658. The van der Waals surface area contributed by atoms with Gasteiger partial charge in [-0.2, -0.15) is 0 Å². The molecule has 0 aromatic heterocycles. The first-order valence-electron chi connectivity index (χ1n) is 2.86. The van der Waals surface area contributed by atoms with Gasteiger partial charge >= 0.3 is 11.4 Å². The Morgan fingerprint density at radius 2 is 2.33 bits per heavy atom. The third-order valence-electron chi connectivity index (χ3n) is 1.59. The number of nitrogens with one attached hydrogen (secondary N) is 1. The normalized spacial score (nSPS) is 20.0. The first kappa shape index (κ1) is 6.09. The molecule has 0 spiro atoms. The third kappa shape index (κ3) is 0.765. The number of carbonyl (C=O) groups is 1. The van der Waals surface area contributed by atoms with E-state index in [1.165, 1.54) is 0 Å². The van der Waals surface area contributed by atoms with Crippen molar-refractivity contribution >= 4 is 5.91 Å². The van der Waals surface area contributed by atoms with Crippen molar-refractivity contribution < 1.29 is 4.79 Å². The van der Waals surface area contributed by atoms with Gasteiger partial charge < -0.3 is 5.32 Å². The number of amides is 1. The van der Waals surface area contributed by atoms with E-state index in [-0.39, 0.29) is 5.91 Å². The molecule has 0 unspecified atom stereocenters. The van der Waals surface area contributed by atoms with Crippen molar-refractivity contribution in [2.24, 2.45) is 0 Å². The van der Waals surface area contributed by atoms with Crippen molar-refractivity contribution in [3.8, 4) is 0 Å². The van der Waals surface area contributed by atoms with Crippen molar-refractivity contribution in [3.63, 3.8) is 0 Å². The maximum absolute atomic E-state index is 10.8. The highest BCUT2D eigenvalue weighted by Gasteiger charge is 2.57. The molecular formula is C6H8N2O. The van der Waals surface area contributed by atoms with Crippen LogP contribution in [0.1, 0.15) is 12.8 Å². The largest absolute Gasteiger partial charge is 0.352 e. The van der Waals surface area contributed by atoms with E-state index in [4.69, 9.17) is 6.57 Å². The molecule has 0 atom stereocenters. The Morgan fingerprint density at radius 1 is 1.78 bits per heavy atom. The molecular weight excluding hydrogens is 116 g/mol. The molecule has 0 heterocycles. The standard InChI is InChI=1S/C6H8N2O/c1-7-5(9)6(8-2)3-4-6/h3-4H2,1H3,(H,7,9). The quantitative estimate of drug-likeness (QED) is 0.497. The van der Waals surface area contributed by atoms with Gasteiger partial charge in [0.15, 0.2) is 0 Å². The lowest BCUT2D eigenvalue weighted by molar-refractivity contribution is -0.121. The minimum absolute atomic E-state index is 0.127. The van der Waals surface area contributed by atoms with E-state index in [0.717, 1.165) is 12.8 Å². The maximum atomic E-state index is 10.8. The van der Waals surface area contributed by atoms with Gasteiger partial charge in [-0.1, -0.05) is 0 Å². The highest BCUT2D eigenvalue weighted by Crippen LogP contribution is 2.39. The number of carbonyl (C=O) groups excluding carboxylic acids is 1. The van der Waals surface area contributed by atoms with Crippen molar-refractivity contribution in [3.05, 3.63) is 11.4 Å². The number of nitrogens with zero attached hydrogens (tertiary/aromatic N) is 1. The Morgan fingerprint density at radius 3 is 2.44 bits per heavy atom. The molecule has 1 rings (SSSR count). The van der Waals surface area contributed by atoms with Crippen molar-refractivity contribution in [1.29, 1.82) is 0 Å². The van der Waals surface area contributed by atoms with E-state index in [9.17, 15) is 4.79 Å². The summed E-state index contributed by atoms with van der Waals surface area (Å²) >= 11 is 0. The Balaban J connectivity index is 2.63. The lowest BCUT2D eigenvalue weighted by Crippen LogP contribution is -2.30. The average molecular weight is 124 g/mol. The number of hydrogen-bond donors (Lipinski definition) is 1. The van der Waals surface area contributed by atoms with E-state index in [0.29, 0.717) is 0 Å². The predicted molar refractivity (Wildman–Crippen MR) is 32.6 cm³/mol. The molecule has 3 nitrogen and oxygen atoms in total. The summed E-state index contributed by atoms with van der Waals surface area (Å²) in [6, 6.07) is 0.